The van der Waals surface area contributed by atoms with Crippen LogP contribution in [0.4, 0.5) is 5.69 Å². The predicted molar refractivity (Wildman–Crippen MR) is 99.4 cm³/mol. The van der Waals surface area contributed by atoms with Crippen LogP contribution >= 0.6 is 11.3 Å². The smallest absolute Gasteiger partial charge is 0.349 e. The highest BCUT2D eigenvalue weighted by Gasteiger charge is 2.22. The maximum absolute atomic E-state index is 12.3. The number of nitrogens with one attached hydrogen (secondary N) is 1. The summed E-state index contributed by atoms with van der Waals surface area (Å²) in [5.74, 6) is -1.45. The van der Waals surface area contributed by atoms with Crippen LogP contribution in [-0.4, -0.2) is 23.9 Å². The van der Waals surface area contributed by atoms with Gasteiger partial charge >= 0.3 is 5.97 Å². The second kappa shape index (κ2) is 7.70. The summed E-state index contributed by atoms with van der Waals surface area (Å²) in [7, 11) is 0. The molecular weight excluding hydrogens is 352 g/mol. The fraction of sp³-hybridized carbons (Fsp3) is 0.316. The van der Waals surface area contributed by atoms with E-state index in [0.29, 0.717) is 16.1 Å². The number of carbonyl (C=O) groups is 3. The Morgan fingerprint density at radius 3 is 2.50 bits per heavy atom. The third-order valence-corrected chi connectivity index (χ3v) is 5.50. The van der Waals surface area contributed by atoms with Gasteiger partial charge in [-0.2, -0.15) is 0 Å². The van der Waals surface area contributed by atoms with Crippen molar-refractivity contribution in [2.75, 3.05) is 5.32 Å². The summed E-state index contributed by atoms with van der Waals surface area (Å²) >= 11 is 1.46. The van der Waals surface area contributed by atoms with E-state index in [-0.39, 0.29) is 0 Å². The number of amides is 2. The molecule has 1 aliphatic rings. The van der Waals surface area contributed by atoms with E-state index in [0.717, 1.165) is 25.7 Å². The molecule has 1 aliphatic carbocycles. The molecule has 3 rings (SSSR count). The molecule has 7 heteroatoms. The molecule has 0 saturated carbocycles. The molecule has 26 heavy (non-hydrogen) atoms. The first-order valence-corrected chi connectivity index (χ1v) is 9.29. The molecule has 0 spiro atoms. The number of rotatable bonds is 5. The quantitative estimate of drug-likeness (QED) is 0.789. The summed E-state index contributed by atoms with van der Waals surface area (Å²) in [6.07, 6.45) is 3.36. The molecule has 1 aromatic heterocycles. The largest absolute Gasteiger partial charge is 0.448 e. The van der Waals surface area contributed by atoms with Crippen molar-refractivity contribution < 1.29 is 19.1 Å². The maximum Gasteiger partial charge on any atom is 0.349 e. The number of anilines is 1. The number of aryl methyl sites for hydroxylation is 2. The highest BCUT2D eigenvalue weighted by atomic mass is 32.1. The molecule has 2 amide bonds. The van der Waals surface area contributed by atoms with Crippen molar-refractivity contribution in [1.82, 2.24) is 0 Å². The Bertz CT molecular complexity index is 818. The van der Waals surface area contributed by atoms with Crippen LogP contribution in [-0.2, 0) is 22.4 Å². The first kappa shape index (κ1) is 18.1. The van der Waals surface area contributed by atoms with Gasteiger partial charge in [0.25, 0.3) is 5.91 Å². The lowest BCUT2D eigenvalue weighted by Crippen LogP contribution is -2.29. The highest BCUT2D eigenvalue weighted by molar-refractivity contribution is 7.14. The Kier molecular flexibility index (Phi) is 5.37. The van der Waals surface area contributed by atoms with Crippen LogP contribution in [0.5, 0.6) is 0 Å². The molecule has 0 aliphatic heterocycles. The van der Waals surface area contributed by atoms with Crippen molar-refractivity contribution in [2.24, 2.45) is 5.73 Å². The second-order valence-electron chi connectivity index (χ2n) is 6.24. The van der Waals surface area contributed by atoms with Gasteiger partial charge in [0.2, 0.25) is 5.91 Å². The number of fused-ring (bicyclic) bond motifs is 1. The van der Waals surface area contributed by atoms with Crippen LogP contribution in [0.3, 0.4) is 0 Å². The maximum atomic E-state index is 12.3. The third-order valence-electron chi connectivity index (χ3n) is 4.29. The number of primary amides is 1. The van der Waals surface area contributed by atoms with E-state index in [1.54, 1.807) is 12.1 Å². The molecule has 3 N–H and O–H groups in total. The fourth-order valence-corrected chi connectivity index (χ4v) is 3.96. The van der Waals surface area contributed by atoms with Gasteiger partial charge in [-0.15, -0.1) is 11.3 Å². The van der Waals surface area contributed by atoms with Crippen LogP contribution in [0.2, 0.25) is 0 Å². The van der Waals surface area contributed by atoms with Gasteiger partial charge in [0.05, 0.1) is 0 Å². The third kappa shape index (κ3) is 4.11. The zero-order valence-corrected chi connectivity index (χ0v) is 15.2. The number of hydrogen-bond acceptors (Lipinski definition) is 5. The number of esters is 1. The zero-order chi connectivity index (χ0) is 18.7. The van der Waals surface area contributed by atoms with Crippen molar-refractivity contribution in [3.8, 4) is 0 Å². The molecule has 1 heterocycles. The summed E-state index contributed by atoms with van der Waals surface area (Å²) in [4.78, 5) is 37.4. The number of ether oxygens (including phenoxy) is 1. The number of carbonyl (C=O) groups excluding carboxylic acids is 3. The van der Waals surface area contributed by atoms with Crippen LogP contribution in [0.15, 0.2) is 30.3 Å². The number of hydrogen-bond donors (Lipinski definition) is 2. The minimum absolute atomic E-state index is 0.351. The zero-order valence-electron chi connectivity index (χ0n) is 14.4. The first-order valence-electron chi connectivity index (χ1n) is 8.47. The van der Waals surface area contributed by atoms with Crippen LogP contribution in [0.25, 0.3) is 0 Å². The molecule has 1 atom stereocenters. The van der Waals surface area contributed by atoms with E-state index in [1.165, 1.54) is 40.8 Å². The molecule has 136 valence electrons. The van der Waals surface area contributed by atoms with Crippen LogP contribution in [0.1, 0.15) is 50.2 Å². The lowest BCUT2D eigenvalue weighted by molar-refractivity contribution is -0.123. The van der Waals surface area contributed by atoms with Crippen LogP contribution in [0, 0.1) is 0 Å². The number of thiophene rings is 1. The van der Waals surface area contributed by atoms with Crippen molar-refractivity contribution in [1.29, 1.82) is 0 Å². The van der Waals surface area contributed by atoms with Gasteiger partial charge in [0.1, 0.15) is 4.88 Å². The molecule has 1 aromatic carbocycles. The summed E-state index contributed by atoms with van der Waals surface area (Å²) in [5.41, 5.74) is 7.24. The van der Waals surface area contributed by atoms with Crippen molar-refractivity contribution in [2.45, 2.75) is 38.7 Å². The van der Waals surface area contributed by atoms with E-state index in [9.17, 15) is 14.4 Å². The van der Waals surface area contributed by atoms with Gasteiger partial charge in [-0.05, 0) is 68.5 Å². The SMILES string of the molecule is C[C@H](OC(=O)c1cc2c(s1)CCCC2)C(=O)Nc1ccc(C(N)=O)cc1. The monoisotopic (exact) mass is 372 g/mol. The van der Waals surface area contributed by atoms with Gasteiger partial charge < -0.3 is 15.8 Å². The van der Waals surface area contributed by atoms with Gasteiger partial charge in [-0.1, -0.05) is 0 Å². The van der Waals surface area contributed by atoms with Crippen molar-refractivity contribution >= 4 is 34.8 Å². The molecule has 0 bridgehead atoms. The van der Waals surface area contributed by atoms with Gasteiger partial charge in [0, 0.05) is 16.1 Å². The topological polar surface area (TPSA) is 98.5 Å². The lowest BCUT2D eigenvalue weighted by atomic mass is 9.99. The Morgan fingerprint density at radius 1 is 1.15 bits per heavy atom. The Labute approximate surface area is 155 Å². The Hall–Kier alpha value is -2.67. The molecule has 0 unspecified atom stereocenters. The normalized spacial score (nSPS) is 14.2. The first-order chi connectivity index (χ1) is 12.4. The van der Waals surface area contributed by atoms with E-state index < -0.39 is 23.9 Å². The minimum atomic E-state index is -0.933. The minimum Gasteiger partial charge on any atom is -0.448 e. The average molecular weight is 372 g/mol. The van der Waals surface area contributed by atoms with Crippen molar-refractivity contribution in [3.05, 3.63) is 51.2 Å². The predicted octanol–water partition coefficient (Wildman–Crippen LogP) is 2.91. The molecule has 0 saturated heterocycles. The van der Waals surface area contributed by atoms with Crippen molar-refractivity contribution in [3.63, 3.8) is 0 Å². The molecule has 0 radical (unpaired) electrons. The fourth-order valence-electron chi connectivity index (χ4n) is 2.83. The van der Waals surface area contributed by atoms with E-state index >= 15 is 0 Å². The number of benzene rings is 1. The van der Waals surface area contributed by atoms with Gasteiger partial charge in [-0.25, -0.2) is 4.79 Å². The molecular formula is C19H20N2O4S. The van der Waals surface area contributed by atoms with E-state index in [4.69, 9.17) is 10.5 Å². The van der Waals surface area contributed by atoms with Gasteiger partial charge in [-0.3, -0.25) is 9.59 Å². The molecule has 6 nitrogen and oxygen atoms in total. The summed E-state index contributed by atoms with van der Waals surface area (Å²) < 4.78 is 5.30. The molecule has 0 fully saturated rings. The standard InChI is InChI=1S/C19H20N2O4S/c1-11(18(23)21-14-8-6-12(7-9-14)17(20)22)25-19(24)16-10-13-4-2-3-5-15(13)26-16/h6-11H,2-5H2,1H3,(H2,20,22)(H,21,23)/t11-/m0/s1. The summed E-state index contributed by atoms with van der Waals surface area (Å²) in [6.45, 7) is 1.53. The average Bonchev–Trinajstić information content (AvgIpc) is 3.06. The van der Waals surface area contributed by atoms with E-state index in [1.807, 2.05) is 6.07 Å². The second-order valence-corrected chi connectivity index (χ2v) is 7.38. The highest BCUT2D eigenvalue weighted by Crippen LogP contribution is 2.30. The van der Waals surface area contributed by atoms with Gasteiger partial charge in [0.15, 0.2) is 6.10 Å². The Morgan fingerprint density at radius 2 is 1.85 bits per heavy atom. The summed E-state index contributed by atoms with van der Waals surface area (Å²) in [6, 6.07) is 8.06. The van der Waals surface area contributed by atoms with E-state index in [2.05, 4.69) is 5.32 Å². The molecule has 2 aromatic rings. The Balaban J connectivity index is 1.59. The number of nitrogens with two attached hydrogens (primary N) is 1. The lowest BCUT2D eigenvalue weighted by Gasteiger charge is -2.13. The summed E-state index contributed by atoms with van der Waals surface area (Å²) in [5, 5.41) is 2.65. The van der Waals surface area contributed by atoms with Crippen LogP contribution < -0.4 is 11.1 Å².